The van der Waals surface area contributed by atoms with Gasteiger partial charge in [0.25, 0.3) is 0 Å². The topological polar surface area (TPSA) is 114 Å². The van der Waals surface area contributed by atoms with E-state index in [1.165, 1.54) is 7.11 Å². The van der Waals surface area contributed by atoms with E-state index in [1.807, 2.05) is 6.07 Å². The Labute approximate surface area is 132 Å². The molecule has 0 radical (unpaired) electrons. The number of hydrogen-bond acceptors (Lipinski definition) is 6. The van der Waals surface area contributed by atoms with Crippen LogP contribution < -0.4 is 15.8 Å². The lowest BCUT2D eigenvalue weighted by Crippen LogP contribution is -2.46. The second kappa shape index (κ2) is 4.88. The first kappa shape index (κ1) is 14.7. The van der Waals surface area contributed by atoms with Crippen molar-refractivity contribution in [1.29, 1.82) is 5.26 Å². The Balaban J connectivity index is 2.45. The van der Waals surface area contributed by atoms with Gasteiger partial charge in [-0.2, -0.15) is 5.26 Å². The van der Waals surface area contributed by atoms with Gasteiger partial charge in [0.2, 0.25) is 11.8 Å². The smallest absolute Gasteiger partial charge is 0.337 e. The van der Waals surface area contributed by atoms with E-state index in [-0.39, 0.29) is 17.0 Å². The van der Waals surface area contributed by atoms with Crippen LogP contribution in [0.25, 0.3) is 0 Å². The molecule has 1 spiro atoms. The monoisotopic (exact) mass is 311 g/mol. The highest BCUT2D eigenvalue weighted by Crippen LogP contribution is 2.50. The van der Waals surface area contributed by atoms with Crippen LogP contribution in [0.3, 0.4) is 0 Å². The number of carbonyl (C=O) groups is 2. The molecule has 1 atom stereocenters. The summed E-state index contributed by atoms with van der Waals surface area (Å²) in [7, 11) is 1.21. The molecule has 1 amide bonds. The number of nitriles is 1. The summed E-state index contributed by atoms with van der Waals surface area (Å²) in [5.74, 6) is -1.14. The van der Waals surface area contributed by atoms with Crippen molar-refractivity contribution >= 4 is 11.9 Å². The predicted molar refractivity (Wildman–Crippen MR) is 78.4 cm³/mol. The summed E-state index contributed by atoms with van der Waals surface area (Å²) in [5.41, 5.74) is 4.79. The van der Waals surface area contributed by atoms with Crippen molar-refractivity contribution in [2.24, 2.45) is 5.73 Å². The van der Waals surface area contributed by atoms with Gasteiger partial charge in [-0.1, -0.05) is 18.2 Å². The second-order valence-electron chi connectivity index (χ2n) is 5.14. The van der Waals surface area contributed by atoms with Crippen molar-refractivity contribution in [2.45, 2.75) is 12.3 Å². The summed E-state index contributed by atoms with van der Waals surface area (Å²) in [5, 5.41) is 12.2. The van der Waals surface area contributed by atoms with E-state index < -0.39 is 17.3 Å². The molecule has 3 rings (SSSR count). The molecule has 1 aromatic rings. The van der Waals surface area contributed by atoms with E-state index in [2.05, 4.69) is 5.32 Å². The van der Waals surface area contributed by atoms with Crippen LogP contribution in [-0.2, 0) is 19.7 Å². The van der Waals surface area contributed by atoms with E-state index in [9.17, 15) is 14.9 Å². The lowest BCUT2D eigenvalue weighted by molar-refractivity contribution is -0.138. The Bertz CT molecular complexity index is 847. The molecule has 0 bridgehead atoms. The van der Waals surface area contributed by atoms with E-state index in [0.717, 1.165) is 0 Å². The number of nitrogens with one attached hydrogen (secondary N) is 1. The summed E-state index contributed by atoms with van der Waals surface area (Å²) in [6.07, 6.45) is 0. The van der Waals surface area contributed by atoms with Crippen molar-refractivity contribution in [3.8, 4) is 11.8 Å². The molecule has 2 aliphatic rings. The molecule has 0 aromatic heterocycles. The normalized spacial score (nSPS) is 22.4. The van der Waals surface area contributed by atoms with E-state index in [0.29, 0.717) is 17.0 Å². The Morgan fingerprint density at radius 1 is 1.43 bits per heavy atom. The third kappa shape index (κ3) is 1.69. The number of benzene rings is 1. The zero-order valence-electron chi connectivity index (χ0n) is 12.5. The number of amides is 1. The summed E-state index contributed by atoms with van der Waals surface area (Å²) in [4.78, 5) is 25.1. The van der Waals surface area contributed by atoms with Gasteiger partial charge in [0, 0.05) is 11.3 Å². The van der Waals surface area contributed by atoms with Crippen molar-refractivity contribution in [1.82, 2.24) is 5.32 Å². The van der Waals surface area contributed by atoms with Crippen LogP contribution in [-0.4, -0.2) is 19.0 Å². The molecule has 0 aliphatic carbocycles. The van der Waals surface area contributed by atoms with Crippen LogP contribution in [0.4, 0.5) is 0 Å². The lowest BCUT2D eigenvalue weighted by atomic mass is 9.68. The molecule has 1 aromatic carbocycles. The first-order valence-electron chi connectivity index (χ1n) is 6.77. The summed E-state index contributed by atoms with van der Waals surface area (Å²) >= 11 is 0. The van der Waals surface area contributed by atoms with Crippen LogP contribution in [0.1, 0.15) is 12.5 Å². The van der Waals surface area contributed by atoms with Crippen molar-refractivity contribution in [2.75, 3.05) is 7.11 Å². The number of para-hydroxylation sites is 1. The minimum Gasteiger partial charge on any atom is -0.466 e. The van der Waals surface area contributed by atoms with Gasteiger partial charge in [0.15, 0.2) is 5.41 Å². The van der Waals surface area contributed by atoms with E-state index >= 15 is 0 Å². The molecule has 7 heteroatoms. The average Bonchev–Trinajstić information content (AvgIpc) is 2.78. The Kier molecular flexibility index (Phi) is 3.11. The molecule has 3 N–H and O–H groups in total. The highest BCUT2D eigenvalue weighted by molar-refractivity contribution is 6.12. The number of nitrogens with two attached hydrogens (primary N) is 1. The third-order valence-electron chi connectivity index (χ3n) is 4.03. The molecule has 2 heterocycles. The van der Waals surface area contributed by atoms with Gasteiger partial charge in [-0.15, -0.1) is 0 Å². The SMILES string of the molecule is COC(=O)C1=C(C)NC(=O)[C@]12C(C#N)=C(N)Oc1ccccc12. The van der Waals surface area contributed by atoms with Crippen LogP contribution in [0.5, 0.6) is 5.75 Å². The fourth-order valence-corrected chi connectivity index (χ4v) is 3.12. The molecule has 0 fully saturated rings. The second-order valence-corrected chi connectivity index (χ2v) is 5.14. The Morgan fingerprint density at radius 2 is 2.13 bits per heavy atom. The summed E-state index contributed by atoms with van der Waals surface area (Å²) in [6, 6.07) is 8.56. The number of hydrogen-bond donors (Lipinski definition) is 2. The standard InChI is InChI=1S/C16H13N3O4/c1-8-12(14(20)22-2)16(15(21)19-8)9-5-3-4-6-11(9)23-13(18)10(16)7-17/h3-6H,18H2,1-2H3,(H,19,21)/t16-/m1/s1. The van der Waals surface area contributed by atoms with Gasteiger partial charge in [-0.3, -0.25) is 4.79 Å². The first-order valence-corrected chi connectivity index (χ1v) is 6.77. The van der Waals surface area contributed by atoms with Gasteiger partial charge >= 0.3 is 5.97 Å². The largest absolute Gasteiger partial charge is 0.466 e. The van der Waals surface area contributed by atoms with Gasteiger partial charge in [-0.25, -0.2) is 4.79 Å². The summed E-state index contributed by atoms with van der Waals surface area (Å²) in [6.45, 7) is 1.57. The van der Waals surface area contributed by atoms with Crippen molar-refractivity contribution < 1.29 is 19.1 Å². The van der Waals surface area contributed by atoms with E-state index in [4.69, 9.17) is 15.2 Å². The highest BCUT2D eigenvalue weighted by atomic mass is 16.5. The van der Waals surface area contributed by atoms with Gasteiger partial charge in [0.1, 0.15) is 17.4 Å². The molecular formula is C16H13N3O4. The quantitative estimate of drug-likeness (QED) is 0.733. The molecule has 2 aliphatic heterocycles. The van der Waals surface area contributed by atoms with Gasteiger partial charge < -0.3 is 20.5 Å². The van der Waals surface area contributed by atoms with Crippen LogP contribution in [0.15, 0.2) is 47.0 Å². The zero-order valence-corrected chi connectivity index (χ0v) is 12.5. The maximum Gasteiger partial charge on any atom is 0.337 e. The lowest BCUT2D eigenvalue weighted by Gasteiger charge is -2.34. The highest BCUT2D eigenvalue weighted by Gasteiger charge is 2.59. The van der Waals surface area contributed by atoms with Gasteiger partial charge in [0.05, 0.1) is 12.7 Å². The summed E-state index contributed by atoms with van der Waals surface area (Å²) < 4.78 is 10.3. The molecule has 7 nitrogen and oxygen atoms in total. The van der Waals surface area contributed by atoms with Crippen LogP contribution in [0, 0.1) is 11.3 Å². The molecule has 116 valence electrons. The third-order valence-corrected chi connectivity index (χ3v) is 4.03. The van der Waals surface area contributed by atoms with Crippen molar-refractivity contribution in [3.63, 3.8) is 0 Å². The maximum absolute atomic E-state index is 12.8. The molecular weight excluding hydrogens is 298 g/mol. The number of nitrogens with zero attached hydrogens (tertiary/aromatic N) is 1. The molecule has 0 unspecified atom stereocenters. The zero-order chi connectivity index (χ0) is 16.8. The fraction of sp³-hybridized carbons (Fsp3) is 0.188. The molecule has 0 saturated heterocycles. The average molecular weight is 311 g/mol. The molecule has 0 saturated carbocycles. The predicted octanol–water partition coefficient (Wildman–Crippen LogP) is 0.587. The first-order chi connectivity index (χ1) is 11.0. The Morgan fingerprint density at radius 3 is 2.78 bits per heavy atom. The number of ether oxygens (including phenoxy) is 2. The number of rotatable bonds is 1. The van der Waals surface area contributed by atoms with Crippen LogP contribution >= 0.6 is 0 Å². The fourth-order valence-electron chi connectivity index (χ4n) is 3.12. The van der Waals surface area contributed by atoms with E-state index in [1.54, 1.807) is 31.2 Å². The number of allylic oxidation sites excluding steroid dienone is 1. The molecule has 23 heavy (non-hydrogen) atoms. The minimum absolute atomic E-state index is 0.0419. The minimum atomic E-state index is -1.66. The van der Waals surface area contributed by atoms with Gasteiger partial charge in [-0.05, 0) is 13.0 Å². The van der Waals surface area contributed by atoms with Crippen molar-refractivity contribution in [3.05, 3.63) is 52.6 Å². The number of fused-ring (bicyclic) bond motifs is 2. The number of carbonyl (C=O) groups excluding carboxylic acids is 2. The Hall–Kier alpha value is -3.27. The maximum atomic E-state index is 12.8. The van der Waals surface area contributed by atoms with Crippen LogP contribution in [0.2, 0.25) is 0 Å². The number of esters is 1. The number of methoxy groups -OCH3 is 1.